The Morgan fingerprint density at radius 2 is 2.14 bits per heavy atom. The number of carbonyl (C=O) groups excluding carboxylic acids is 1. The van der Waals surface area contributed by atoms with E-state index in [4.69, 9.17) is 10.5 Å². The molecule has 1 aliphatic rings. The largest absolute Gasteiger partial charge is 0.490 e. The maximum absolute atomic E-state index is 12.3. The predicted octanol–water partition coefficient (Wildman–Crippen LogP) is 2.34. The molecule has 1 saturated carbocycles. The van der Waals surface area contributed by atoms with Crippen molar-refractivity contribution in [3.8, 4) is 5.75 Å². The Labute approximate surface area is 126 Å². The van der Waals surface area contributed by atoms with Gasteiger partial charge in [0.05, 0.1) is 0 Å². The smallest absolute Gasteiger partial charge is 0.225 e. The molecule has 2 N–H and O–H groups in total. The molecule has 2 rings (SSSR count). The summed E-state index contributed by atoms with van der Waals surface area (Å²) in [7, 11) is 1.86. The Bertz CT molecular complexity index is 484. The molecule has 21 heavy (non-hydrogen) atoms. The normalized spacial score (nSPS) is 21.0. The second kappa shape index (κ2) is 7.27. The van der Waals surface area contributed by atoms with Crippen molar-refractivity contribution < 1.29 is 9.53 Å². The van der Waals surface area contributed by atoms with E-state index < -0.39 is 0 Å². The van der Waals surface area contributed by atoms with Crippen LogP contribution in [0.3, 0.4) is 0 Å². The standard InChI is InChI=1S/C17H24N2O2/c1-3-10-21-16-8-4-13(5-9-16)12-19(2)17(20)14-6-7-15(18)11-14/h3-5,8-9,14-15H,1,6-7,10-12,18H2,2H3. The van der Waals surface area contributed by atoms with E-state index in [0.717, 1.165) is 30.6 Å². The quantitative estimate of drug-likeness (QED) is 0.817. The highest BCUT2D eigenvalue weighted by Crippen LogP contribution is 2.26. The van der Waals surface area contributed by atoms with E-state index in [1.807, 2.05) is 31.3 Å². The lowest BCUT2D eigenvalue weighted by Gasteiger charge is -2.21. The van der Waals surface area contributed by atoms with Gasteiger partial charge in [-0.25, -0.2) is 0 Å². The summed E-state index contributed by atoms with van der Waals surface area (Å²) < 4.78 is 5.44. The third kappa shape index (κ3) is 4.33. The molecule has 114 valence electrons. The van der Waals surface area contributed by atoms with Crippen LogP contribution in [-0.2, 0) is 11.3 Å². The number of rotatable bonds is 6. The Balaban J connectivity index is 1.88. The van der Waals surface area contributed by atoms with Gasteiger partial charge >= 0.3 is 0 Å². The fourth-order valence-electron chi connectivity index (χ4n) is 2.75. The maximum atomic E-state index is 12.3. The van der Waals surface area contributed by atoms with Crippen LogP contribution >= 0.6 is 0 Å². The summed E-state index contributed by atoms with van der Waals surface area (Å²) in [5, 5.41) is 0. The summed E-state index contributed by atoms with van der Waals surface area (Å²) >= 11 is 0. The van der Waals surface area contributed by atoms with E-state index in [-0.39, 0.29) is 17.9 Å². The van der Waals surface area contributed by atoms with Gasteiger partial charge in [0.2, 0.25) is 5.91 Å². The van der Waals surface area contributed by atoms with Crippen LogP contribution in [0.4, 0.5) is 0 Å². The molecule has 1 aromatic carbocycles. The topological polar surface area (TPSA) is 55.6 Å². The molecule has 0 aliphatic heterocycles. The van der Waals surface area contributed by atoms with Crippen molar-refractivity contribution in [2.24, 2.45) is 11.7 Å². The highest BCUT2D eigenvalue weighted by Gasteiger charge is 2.29. The number of hydrogen-bond acceptors (Lipinski definition) is 3. The molecular formula is C17H24N2O2. The molecular weight excluding hydrogens is 264 g/mol. The van der Waals surface area contributed by atoms with Crippen molar-refractivity contribution in [1.82, 2.24) is 4.90 Å². The number of nitrogens with two attached hydrogens (primary N) is 1. The second-order valence-electron chi connectivity index (χ2n) is 5.71. The zero-order valence-electron chi connectivity index (χ0n) is 12.6. The SMILES string of the molecule is C=CCOc1ccc(CN(C)C(=O)C2CCC(N)C2)cc1. The molecule has 1 aromatic rings. The molecule has 2 atom stereocenters. The fraction of sp³-hybridized carbons (Fsp3) is 0.471. The Morgan fingerprint density at radius 1 is 1.43 bits per heavy atom. The van der Waals surface area contributed by atoms with Gasteiger partial charge in [-0.2, -0.15) is 0 Å². The van der Waals surface area contributed by atoms with Crippen LogP contribution in [0.15, 0.2) is 36.9 Å². The molecule has 1 aliphatic carbocycles. The van der Waals surface area contributed by atoms with E-state index in [9.17, 15) is 4.79 Å². The van der Waals surface area contributed by atoms with E-state index >= 15 is 0 Å². The van der Waals surface area contributed by atoms with Crippen molar-refractivity contribution in [1.29, 1.82) is 0 Å². The van der Waals surface area contributed by atoms with Crippen LogP contribution in [-0.4, -0.2) is 30.5 Å². The maximum Gasteiger partial charge on any atom is 0.225 e. The summed E-state index contributed by atoms with van der Waals surface area (Å²) in [6.45, 7) is 4.73. The first kappa shape index (κ1) is 15.6. The monoisotopic (exact) mass is 288 g/mol. The summed E-state index contributed by atoms with van der Waals surface area (Å²) in [5.74, 6) is 1.12. The third-order valence-corrected chi connectivity index (χ3v) is 3.91. The van der Waals surface area contributed by atoms with Gasteiger partial charge in [0.15, 0.2) is 0 Å². The average Bonchev–Trinajstić information content (AvgIpc) is 2.92. The first-order chi connectivity index (χ1) is 10.1. The number of ether oxygens (including phenoxy) is 1. The van der Waals surface area contributed by atoms with Gasteiger partial charge < -0.3 is 15.4 Å². The first-order valence-corrected chi connectivity index (χ1v) is 7.43. The van der Waals surface area contributed by atoms with Crippen molar-refractivity contribution in [2.75, 3.05) is 13.7 Å². The van der Waals surface area contributed by atoms with E-state index in [1.165, 1.54) is 0 Å². The Hall–Kier alpha value is -1.81. The summed E-state index contributed by atoms with van der Waals surface area (Å²) in [6, 6.07) is 8.00. The van der Waals surface area contributed by atoms with Crippen LogP contribution in [0.25, 0.3) is 0 Å². The molecule has 0 radical (unpaired) electrons. The highest BCUT2D eigenvalue weighted by molar-refractivity contribution is 5.79. The van der Waals surface area contributed by atoms with Gasteiger partial charge in [-0.05, 0) is 37.0 Å². The fourth-order valence-corrected chi connectivity index (χ4v) is 2.75. The molecule has 0 aromatic heterocycles. The number of nitrogens with zero attached hydrogens (tertiary/aromatic N) is 1. The number of hydrogen-bond donors (Lipinski definition) is 1. The lowest BCUT2D eigenvalue weighted by atomic mass is 10.1. The number of amides is 1. The molecule has 4 heteroatoms. The number of carbonyl (C=O) groups is 1. The van der Waals surface area contributed by atoms with Gasteiger partial charge in [0.25, 0.3) is 0 Å². The van der Waals surface area contributed by atoms with Crippen molar-refractivity contribution in [3.05, 3.63) is 42.5 Å². The van der Waals surface area contributed by atoms with Gasteiger partial charge in [0.1, 0.15) is 12.4 Å². The molecule has 0 saturated heterocycles. The minimum absolute atomic E-state index is 0.0974. The summed E-state index contributed by atoms with van der Waals surface area (Å²) in [5.41, 5.74) is 6.98. The molecule has 1 fully saturated rings. The molecule has 0 spiro atoms. The minimum Gasteiger partial charge on any atom is -0.490 e. The second-order valence-corrected chi connectivity index (χ2v) is 5.71. The lowest BCUT2D eigenvalue weighted by Crippen LogP contribution is -2.32. The van der Waals surface area contributed by atoms with Crippen LogP contribution in [0, 0.1) is 5.92 Å². The molecule has 0 bridgehead atoms. The minimum atomic E-state index is 0.0974. The van der Waals surface area contributed by atoms with Crippen LogP contribution in [0.1, 0.15) is 24.8 Å². The van der Waals surface area contributed by atoms with Gasteiger partial charge in [-0.1, -0.05) is 24.8 Å². The van der Waals surface area contributed by atoms with Gasteiger partial charge in [-0.15, -0.1) is 0 Å². The van der Waals surface area contributed by atoms with Crippen molar-refractivity contribution >= 4 is 5.91 Å². The van der Waals surface area contributed by atoms with Crippen molar-refractivity contribution in [2.45, 2.75) is 31.8 Å². The molecule has 4 nitrogen and oxygen atoms in total. The van der Waals surface area contributed by atoms with Crippen molar-refractivity contribution in [3.63, 3.8) is 0 Å². The van der Waals surface area contributed by atoms with Crippen LogP contribution in [0.2, 0.25) is 0 Å². The van der Waals surface area contributed by atoms with E-state index in [0.29, 0.717) is 13.2 Å². The first-order valence-electron chi connectivity index (χ1n) is 7.43. The van der Waals surface area contributed by atoms with Gasteiger partial charge in [-0.3, -0.25) is 4.79 Å². The van der Waals surface area contributed by atoms with E-state index in [1.54, 1.807) is 11.0 Å². The predicted molar refractivity (Wildman–Crippen MR) is 83.9 cm³/mol. The molecule has 2 unspecified atom stereocenters. The lowest BCUT2D eigenvalue weighted by molar-refractivity contribution is -0.134. The van der Waals surface area contributed by atoms with Gasteiger partial charge in [0, 0.05) is 25.6 Å². The van der Waals surface area contributed by atoms with Crippen LogP contribution < -0.4 is 10.5 Å². The summed E-state index contributed by atoms with van der Waals surface area (Å²) in [6.07, 6.45) is 4.41. The van der Waals surface area contributed by atoms with E-state index in [2.05, 4.69) is 6.58 Å². The molecule has 0 heterocycles. The third-order valence-electron chi connectivity index (χ3n) is 3.91. The number of benzene rings is 1. The Morgan fingerprint density at radius 3 is 2.71 bits per heavy atom. The summed E-state index contributed by atoms with van der Waals surface area (Å²) in [4.78, 5) is 14.1. The van der Waals surface area contributed by atoms with Crippen LogP contribution in [0.5, 0.6) is 5.75 Å². The highest BCUT2D eigenvalue weighted by atomic mass is 16.5. The molecule has 1 amide bonds. The zero-order chi connectivity index (χ0) is 15.2. The Kier molecular flexibility index (Phi) is 5.39. The zero-order valence-corrected chi connectivity index (χ0v) is 12.6. The average molecular weight is 288 g/mol.